The molecule has 0 aliphatic heterocycles. The summed E-state index contributed by atoms with van der Waals surface area (Å²) in [6.07, 6.45) is 5.08. The molecule has 0 fully saturated rings. The lowest BCUT2D eigenvalue weighted by Gasteiger charge is -2.20. The first kappa shape index (κ1) is 14.0. The van der Waals surface area contributed by atoms with Crippen molar-refractivity contribution in [2.75, 3.05) is 12.4 Å². The average Bonchev–Trinajstić information content (AvgIpc) is 2.53. The number of hydrogen-bond acceptors (Lipinski definition) is 2. The predicted octanol–water partition coefficient (Wildman–Crippen LogP) is 4.49. The highest BCUT2D eigenvalue weighted by molar-refractivity contribution is 5.56. The molecule has 2 aromatic rings. The quantitative estimate of drug-likeness (QED) is 0.891. The van der Waals surface area contributed by atoms with Crippen LogP contribution >= 0.6 is 0 Å². The van der Waals surface area contributed by atoms with Crippen molar-refractivity contribution in [2.24, 2.45) is 0 Å². The van der Waals surface area contributed by atoms with Gasteiger partial charge in [-0.3, -0.25) is 0 Å². The molecule has 1 aliphatic rings. The molecule has 0 aromatic heterocycles. The topological polar surface area (TPSA) is 21.3 Å². The Morgan fingerprint density at radius 3 is 2.76 bits per heavy atom. The van der Waals surface area contributed by atoms with Gasteiger partial charge in [0.2, 0.25) is 0 Å². The van der Waals surface area contributed by atoms with Gasteiger partial charge in [-0.05, 0) is 67.0 Å². The first-order valence-electron chi connectivity index (χ1n) is 7.76. The van der Waals surface area contributed by atoms with Crippen molar-refractivity contribution < 1.29 is 4.74 Å². The fourth-order valence-electron chi connectivity index (χ4n) is 3.19. The van der Waals surface area contributed by atoms with Crippen LogP contribution in [0.25, 0.3) is 0 Å². The third-order valence-corrected chi connectivity index (χ3v) is 4.34. The predicted molar refractivity (Wildman–Crippen MR) is 88.1 cm³/mol. The zero-order valence-electron chi connectivity index (χ0n) is 12.9. The highest BCUT2D eigenvalue weighted by atomic mass is 16.5. The lowest BCUT2D eigenvalue weighted by atomic mass is 9.90. The maximum absolute atomic E-state index is 5.32. The van der Waals surface area contributed by atoms with Gasteiger partial charge in [-0.25, -0.2) is 0 Å². The number of rotatable bonds is 4. The Morgan fingerprint density at radius 2 is 1.95 bits per heavy atom. The van der Waals surface area contributed by atoms with E-state index >= 15 is 0 Å². The molecule has 21 heavy (non-hydrogen) atoms. The molecule has 0 heterocycles. The second-order valence-corrected chi connectivity index (χ2v) is 5.81. The van der Waals surface area contributed by atoms with Crippen LogP contribution in [-0.2, 0) is 19.4 Å². The number of hydrogen-bond donors (Lipinski definition) is 1. The van der Waals surface area contributed by atoms with E-state index in [0.29, 0.717) is 0 Å². The fourth-order valence-corrected chi connectivity index (χ4v) is 3.19. The number of fused-ring (bicyclic) bond motifs is 1. The van der Waals surface area contributed by atoms with E-state index in [-0.39, 0.29) is 0 Å². The maximum Gasteiger partial charge on any atom is 0.121 e. The average molecular weight is 281 g/mol. The number of methoxy groups -OCH3 is 1. The van der Waals surface area contributed by atoms with Crippen LogP contribution in [0.5, 0.6) is 5.75 Å². The molecule has 1 aliphatic carbocycles. The lowest BCUT2D eigenvalue weighted by molar-refractivity contribution is 0.411. The van der Waals surface area contributed by atoms with Gasteiger partial charge in [-0.15, -0.1) is 0 Å². The Kier molecular flexibility index (Phi) is 4.14. The summed E-state index contributed by atoms with van der Waals surface area (Å²) in [5, 5.41) is 3.61. The van der Waals surface area contributed by atoms with Gasteiger partial charge in [0.05, 0.1) is 7.11 Å². The van der Waals surface area contributed by atoms with Crippen LogP contribution in [-0.4, -0.2) is 7.11 Å². The molecule has 0 saturated heterocycles. The Hall–Kier alpha value is -1.96. The van der Waals surface area contributed by atoms with E-state index in [1.54, 1.807) is 7.11 Å². The number of ether oxygens (including phenoxy) is 1. The molecule has 2 nitrogen and oxygen atoms in total. The van der Waals surface area contributed by atoms with E-state index in [0.717, 1.165) is 12.3 Å². The summed E-state index contributed by atoms with van der Waals surface area (Å²) in [5.74, 6) is 0.954. The number of aryl methyl sites for hydroxylation is 2. The minimum atomic E-state index is 0.862. The molecule has 0 spiro atoms. The van der Waals surface area contributed by atoms with Crippen LogP contribution in [0.15, 0.2) is 36.4 Å². The molecule has 0 saturated carbocycles. The fraction of sp³-hybridized carbons (Fsp3) is 0.368. The molecular weight excluding hydrogens is 258 g/mol. The first-order valence-corrected chi connectivity index (χ1v) is 7.76. The molecular formula is C19H23NO. The van der Waals surface area contributed by atoms with Crippen LogP contribution in [0.1, 0.15) is 35.1 Å². The van der Waals surface area contributed by atoms with Gasteiger partial charge >= 0.3 is 0 Å². The van der Waals surface area contributed by atoms with Gasteiger partial charge < -0.3 is 10.1 Å². The monoisotopic (exact) mass is 281 g/mol. The Balaban J connectivity index is 1.75. The van der Waals surface area contributed by atoms with Crippen LogP contribution in [0.3, 0.4) is 0 Å². The molecule has 0 unspecified atom stereocenters. The number of benzene rings is 2. The summed E-state index contributed by atoms with van der Waals surface area (Å²) in [6.45, 7) is 2.95. The normalized spacial score (nSPS) is 13.6. The van der Waals surface area contributed by atoms with Crippen molar-refractivity contribution in [2.45, 2.75) is 39.2 Å². The number of nitrogens with one attached hydrogen (secondary N) is 1. The van der Waals surface area contributed by atoms with Crippen LogP contribution in [0, 0.1) is 6.92 Å². The largest absolute Gasteiger partial charge is 0.496 e. The second kappa shape index (κ2) is 6.21. The molecule has 0 radical (unpaired) electrons. The minimum Gasteiger partial charge on any atom is -0.496 e. The molecule has 0 amide bonds. The number of anilines is 1. The maximum atomic E-state index is 5.32. The highest BCUT2D eigenvalue weighted by Crippen LogP contribution is 2.28. The molecule has 3 rings (SSSR count). The molecule has 0 atom stereocenters. The van der Waals surface area contributed by atoms with E-state index in [1.807, 2.05) is 6.07 Å². The van der Waals surface area contributed by atoms with E-state index in [4.69, 9.17) is 4.74 Å². The van der Waals surface area contributed by atoms with Crippen molar-refractivity contribution in [3.8, 4) is 5.75 Å². The van der Waals surface area contributed by atoms with Crippen molar-refractivity contribution >= 4 is 5.69 Å². The molecule has 2 heteroatoms. The highest BCUT2D eigenvalue weighted by Gasteiger charge is 2.12. The molecule has 1 N–H and O–H groups in total. The minimum absolute atomic E-state index is 0.862. The van der Waals surface area contributed by atoms with Crippen molar-refractivity contribution in [3.63, 3.8) is 0 Å². The van der Waals surface area contributed by atoms with Gasteiger partial charge in [0, 0.05) is 12.2 Å². The van der Waals surface area contributed by atoms with Crippen LogP contribution in [0.4, 0.5) is 5.69 Å². The van der Waals surface area contributed by atoms with Crippen molar-refractivity contribution in [1.82, 2.24) is 0 Å². The Bertz CT molecular complexity index is 633. The smallest absolute Gasteiger partial charge is 0.121 e. The Morgan fingerprint density at radius 1 is 1.10 bits per heavy atom. The van der Waals surface area contributed by atoms with E-state index in [2.05, 4.69) is 42.6 Å². The van der Waals surface area contributed by atoms with Crippen LogP contribution in [0.2, 0.25) is 0 Å². The van der Waals surface area contributed by atoms with Crippen molar-refractivity contribution in [1.29, 1.82) is 0 Å². The third-order valence-electron chi connectivity index (χ3n) is 4.34. The third kappa shape index (κ3) is 3.05. The van der Waals surface area contributed by atoms with E-state index in [1.165, 1.54) is 53.6 Å². The van der Waals surface area contributed by atoms with Gasteiger partial charge in [-0.2, -0.15) is 0 Å². The lowest BCUT2D eigenvalue weighted by Crippen LogP contribution is -2.08. The summed E-state index contributed by atoms with van der Waals surface area (Å²) in [5.41, 5.74) is 6.83. The standard InChI is InChI=1S/C19H23NO/c1-14-12-15(10-11-19(14)21-2)13-20-18-9-5-7-16-6-3-4-8-17(16)18/h5,7,9-12,20H,3-4,6,8,13H2,1-2H3. The van der Waals surface area contributed by atoms with E-state index in [9.17, 15) is 0 Å². The SMILES string of the molecule is COc1ccc(CNc2cccc3c2CCCC3)cc1C. The van der Waals surface area contributed by atoms with Crippen molar-refractivity contribution in [3.05, 3.63) is 58.7 Å². The summed E-state index contributed by atoms with van der Waals surface area (Å²) in [7, 11) is 1.72. The Labute approximate surface area is 127 Å². The molecule has 110 valence electrons. The zero-order valence-corrected chi connectivity index (χ0v) is 12.9. The zero-order chi connectivity index (χ0) is 14.7. The summed E-state index contributed by atoms with van der Waals surface area (Å²) >= 11 is 0. The van der Waals surface area contributed by atoms with E-state index < -0.39 is 0 Å². The van der Waals surface area contributed by atoms with Gasteiger partial charge in [0.1, 0.15) is 5.75 Å². The van der Waals surface area contributed by atoms with Gasteiger partial charge in [-0.1, -0.05) is 24.3 Å². The summed E-state index contributed by atoms with van der Waals surface area (Å²) < 4.78 is 5.32. The van der Waals surface area contributed by atoms with Crippen LogP contribution < -0.4 is 10.1 Å². The second-order valence-electron chi connectivity index (χ2n) is 5.81. The molecule has 0 bridgehead atoms. The van der Waals surface area contributed by atoms with Gasteiger partial charge in [0.25, 0.3) is 0 Å². The van der Waals surface area contributed by atoms with Gasteiger partial charge in [0.15, 0.2) is 0 Å². The molecule has 2 aromatic carbocycles. The first-order chi connectivity index (χ1) is 10.3. The summed E-state index contributed by atoms with van der Waals surface area (Å²) in [6, 6.07) is 13.0. The summed E-state index contributed by atoms with van der Waals surface area (Å²) in [4.78, 5) is 0.